The number of hydrogen-bond donors (Lipinski definition) is 1. The van der Waals surface area contributed by atoms with Crippen LogP contribution in [0.3, 0.4) is 0 Å². The summed E-state index contributed by atoms with van der Waals surface area (Å²) in [4.78, 5) is 0. The summed E-state index contributed by atoms with van der Waals surface area (Å²) in [5, 5.41) is 3.03. The van der Waals surface area contributed by atoms with E-state index in [9.17, 15) is 8.42 Å². The van der Waals surface area contributed by atoms with Gasteiger partial charge in [-0.3, -0.25) is 4.18 Å². The third-order valence-corrected chi connectivity index (χ3v) is 2.10. The Bertz CT molecular complexity index is 361. The molecule has 1 N–H and O–H groups in total. The van der Waals surface area contributed by atoms with Crippen molar-refractivity contribution >= 4 is 15.8 Å². The normalized spacial score (nSPS) is 11.2. The molecule has 1 aromatic rings. The van der Waals surface area contributed by atoms with E-state index in [0.29, 0.717) is 6.54 Å². The van der Waals surface area contributed by atoms with Gasteiger partial charge in [-0.15, -0.1) is 0 Å². The van der Waals surface area contributed by atoms with Crippen LogP contribution in [-0.2, 0) is 14.3 Å². The van der Waals surface area contributed by atoms with E-state index in [1.807, 2.05) is 30.3 Å². The van der Waals surface area contributed by atoms with Crippen LogP contribution in [-0.4, -0.2) is 27.8 Å². The standard InChI is InChI=1S/C9H13NO3S/c1-14(11,12)13-8-7-10-9-5-3-2-4-6-9/h2-6,10H,7-8H2,1H3. The van der Waals surface area contributed by atoms with Crippen molar-refractivity contribution in [2.75, 3.05) is 24.7 Å². The molecular formula is C9H13NO3S. The minimum absolute atomic E-state index is 0.147. The Morgan fingerprint density at radius 2 is 1.93 bits per heavy atom. The molecule has 0 bridgehead atoms. The maximum atomic E-state index is 10.6. The van der Waals surface area contributed by atoms with E-state index < -0.39 is 10.1 Å². The third kappa shape index (κ3) is 4.84. The Hall–Kier alpha value is -1.07. The molecule has 1 aromatic carbocycles. The second kappa shape index (κ2) is 4.97. The van der Waals surface area contributed by atoms with Gasteiger partial charge in [0.1, 0.15) is 0 Å². The summed E-state index contributed by atoms with van der Waals surface area (Å²) in [7, 11) is -3.32. The molecule has 0 saturated carbocycles. The number of rotatable bonds is 5. The Kier molecular flexibility index (Phi) is 3.91. The fourth-order valence-electron chi connectivity index (χ4n) is 0.944. The van der Waals surface area contributed by atoms with Crippen molar-refractivity contribution in [3.63, 3.8) is 0 Å². The molecule has 0 saturated heterocycles. The fourth-order valence-corrected chi connectivity index (χ4v) is 1.33. The molecule has 0 spiro atoms. The maximum Gasteiger partial charge on any atom is 0.264 e. The zero-order valence-corrected chi connectivity index (χ0v) is 8.75. The minimum atomic E-state index is -3.32. The minimum Gasteiger partial charge on any atom is -0.383 e. The second-order valence-corrected chi connectivity index (χ2v) is 4.46. The molecule has 0 atom stereocenters. The van der Waals surface area contributed by atoms with E-state index in [0.717, 1.165) is 11.9 Å². The molecule has 0 fully saturated rings. The second-order valence-electron chi connectivity index (χ2n) is 2.82. The predicted octanol–water partition coefficient (Wildman–Crippen LogP) is 1.07. The van der Waals surface area contributed by atoms with Crippen LogP contribution in [0.2, 0.25) is 0 Å². The Balaban J connectivity index is 2.23. The molecule has 0 amide bonds. The molecular weight excluding hydrogens is 202 g/mol. The zero-order chi connectivity index (χ0) is 10.4. The van der Waals surface area contributed by atoms with Gasteiger partial charge in [0.2, 0.25) is 0 Å². The summed E-state index contributed by atoms with van der Waals surface area (Å²) in [5.41, 5.74) is 0.949. The average Bonchev–Trinajstić information content (AvgIpc) is 2.13. The van der Waals surface area contributed by atoms with Crippen LogP contribution < -0.4 is 5.32 Å². The molecule has 14 heavy (non-hydrogen) atoms. The van der Waals surface area contributed by atoms with Gasteiger partial charge in [-0.05, 0) is 12.1 Å². The lowest BCUT2D eigenvalue weighted by Gasteiger charge is -2.05. The van der Waals surface area contributed by atoms with Crippen molar-refractivity contribution in [1.29, 1.82) is 0 Å². The van der Waals surface area contributed by atoms with Crippen molar-refractivity contribution in [2.24, 2.45) is 0 Å². The van der Waals surface area contributed by atoms with Gasteiger partial charge in [0.05, 0.1) is 12.9 Å². The highest BCUT2D eigenvalue weighted by Crippen LogP contribution is 2.03. The zero-order valence-electron chi connectivity index (χ0n) is 7.93. The summed E-state index contributed by atoms with van der Waals surface area (Å²) in [5.74, 6) is 0. The molecule has 0 aliphatic carbocycles. The fraction of sp³-hybridized carbons (Fsp3) is 0.333. The lowest BCUT2D eigenvalue weighted by Crippen LogP contribution is -2.12. The molecule has 0 aromatic heterocycles. The first-order valence-electron chi connectivity index (χ1n) is 4.21. The van der Waals surface area contributed by atoms with E-state index in [4.69, 9.17) is 0 Å². The molecule has 0 aliphatic heterocycles. The predicted molar refractivity (Wildman–Crippen MR) is 55.7 cm³/mol. The monoisotopic (exact) mass is 215 g/mol. The van der Waals surface area contributed by atoms with Crippen molar-refractivity contribution in [2.45, 2.75) is 0 Å². The molecule has 78 valence electrons. The Morgan fingerprint density at radius 1 is 1.29 bits per heavy atom. The van der Waals surface area contributed by atoms with Crippen molar-refractivity contribution in [1.82, 2.24) is 0 Å². The lowest BCUT2D eigenvalue weighted by atomic mass is 10.3. The van der Waals surface area contributed by atoms with Crippen LogP contribution in [0.1, 0.15) is 0 Å². The van der Waals surface area contributed by atoms with Crippen molar-refractivity contribution < 1.29 is 12.6 Å². The first-order valence-corrected chi connectivity index (χ1v) is 6.03. The van der Waals surface area contributed by atoms with E-state index in [1.165, 1.54) is 0 Å². The Morgan fingerprint density at radius 3 is 2.50 bits per heavy atom. The SMILES string of the molecule is CS(=O)(=O)OCCNc1ccccc1. The van der Waals surface area contributed by atoms with Crippen LogP contribution >= 0.6 is 0 Å². The van der Waals surface area contributed by atoms with Crippen molar-refractivity contribution in [3.8, 4) is 0 Å². The van der Waals surface area contributed by atoms with Gasteiger partial charge >= 0.3 is 0 Å². The first-order chi connectivity index (χ1) is 6.58. The summed E-state index contributed by atoms with van der Waals surface area (Å²) in [6, 6.07) is 9.53. The number of para-hydroxylation sites is 1. The van der Waals surface area contributed by atoms with Crippen LogP contribution in [0.25, 0.3) is 0 Å². The number of hydrogen-bond acceptors (Lipinski definition) is 4. The average molecular weight is 215 g/mol. The molecule has 1 rings (SSSR count). The van der Waals surface area contributed by atoms with Gasteiger partial charge in [0.25, 0.3) is 10.1 Å². The van der Waals surface area contributed by atoms with Gasteiger partial charge in [-0.2, -0.15) is 8.42 Å². The van der Waals surface area contributed by atoms with E-state index in [1.54, 1.807) is 0 Å². The highest BCUT2D eigenvalue weighted by molar-refractivity contribution is 7.85. The number of anilines is 1. The van der Waals surface area contributed by atoms with Gasteiger partial charge < -0.3 is 5.32 Å². The summed E-state index contributed by atoms with van der Waals surface area (Å²) in [6.07, 6.45) is 1.04. The van der Waals surface area contributed by atoms with E-state index in [-0.39, 0.29) is 6.61 Å². The molecule has 5 heteroatoms. The van der Waals surface area contributed by atoms with Gasteiger partial charge in [0.15, 0.2) is 0 Å². The first kappa shape index (κ1) is 11.0. The lowest BCUT2D eigenvalue weighted by molar-refractivity contribution is 0.335. The Labute approximate surface area is 84.0 Å². The third-order valence-electron chi connectivity index (χ3n) is 1.50. The summed E-state index contributed by atoms with van der Waals surface area (Å²) in [6.45, 7) is 0.616. The summed E-state index contributed by atoms with van der Waals surface area (Å²) >= 11 is 0. The van der Waals surface area contributed by atoms with Crippen LogP contribution in [0, 0.1) is 0 Å². The highest BCUT2D eigenvalue weighted by Gasteiger charge is 1.99. The van der Waals surface area contributed by atoms with E-state index in [2.05, 4.69) is 9.50 Å². The molecule has 0 unspecified atom stereocenters. The molecule has 4 nitrogen and oxygen atoms in total. The number of benzene rings is 1. The highest BCUT2D eigenvalue weighted by atomic mass is 32.2. The smallest absolute Gasteiger partial charge is 0.264 e. The van der Waals surface area contributed by atoms with Gasteiger partial charge in [-0.25, -0.2) is 0 Å². The molecule has 0 aliphatic rings. The van der Waals surface area contributed by atoms with Gasteiger partial charge in [-0.1, -0.05) is 18.2 Å². The molecule has 0 radical (unpaired) electrons. The van der Waals surface area contributed by atoms with Crippen LogP contribution in [0.15, 0.2) is 30.3 Å². The van der Waals surface area contributed by atoms with Crippen molar-refractivity contribution in [3.05, 3.63) is 30.3 Å². The van der Waals surface area contributed by atoms with Gasteiger partial charge in [0, 0.05) is 12.2 Å². The number of nitrogens with one attached hydrogen (secondary N) is 1. The van der Waals surface area contributed by atoms with E-state index >= 15 is 0 Å². The quantitative estimate of drug-likeness (QED) is 0.589. The van der Waals surface area contributed by atoms with Crippen LogP contribution in [0.4, 0.5) is 5.69 Å². The molecule has 0 heterocycles. The largest absolute Gasteiger partial charge is 0.383 e. The topological polar surface area (TPSA) is 55.4 Å². The summed E-state index contributed by atoms with van der Waals surface area (Å²) < 4.78 is 25.7. The van der Waals surface area contributed by atoms with Crippen LogP contribution in [0.5, 0.6) is 0 Å². The maximum absolute atomic E-state index is 10.6.